The lowest BCUT2D eigenvalue weighted by Gasteiger charge is -2.35. The number of amidine groups is 1. The van der Waals surface area contributed by atoms with E-state index in [1.54, 1.807) is 6.20 Å². The average molecular weight is 262 g/mol. The predicted octanol–water partition coefficient (Wildman–Crippen LogP) is 1.99. The highest BCUT2D eigenvalue weighted by Crippen LogP contribution is 2.27. The summed E-state index contributed by atoms with van der Waals surface area (Å²) in [5.74, 6) is 0.0613. The van der Waals surface area contributed by atoms with Gasteiger partial charge in [0.25, 0.3) is 0 Å². The minimum atomic E-state index is 0.0613. The Morgan fingerprint density at radius 3 is 2.89 bits per heavy atom. The van der Waals surface area contributed by atoms with Gasteiger partial charge in [-0.3, -0.25) is 4.98 Å². The molecule has 0 atom stereocenters. The first kappa shape index (κ1) is 13.8. The maximum atomic E-state index is 8.78. The Morgan fingerprint density at radius 1 is 1.47 bits per heavy atom. The number of nitrogens with zero attached hydrogens (tertiary/aromatic N) is 2. The first-order valence-electron chi connectivity index (χ1n) is 6.81. The molecule has 1 fully saturated rings. The molecule has 0 amide bonds. The number of pyridine rings is 1. The van der Waals surface area contributed by atoms with E-state index < -0.39 is 0 Å². The van der Waals surface area contributed by atoms with Crippen LogP contribution in [0.1, 0.15) is 50.3 Å². The lowest BCUT2D eigenvalue weighted by Crippen LogP contribution is -2.43. The van der Waals surface area contributed by atoms with Gasteiger partial charge < -0.3 is 16.3 Å². The highest BCUT2D eigenvalue weighted by molar-refractivity contribution is 5.96. The molecule has 5 nitrogen and oxygen atoms in total. The highest BCUT2D eigenvalue weighted by Gasteiger charge is 2.26. The SMILES string of the molecule is CC1(NCc2cccnc2C(N)=NO)CCCCC1. The van der Waals surface area contributed by atoms with Crippen LogP contribution in [-0.2, 0) is 6.54 Å². The van der Waals surface area contributed by atoms with Crippen molar-refractivity contribution < 1.29 is 5.21 Å². The smallest absolute Gasteiger partial charge is 0.189 e. The number of hydrogen-bond acceptors (Lipinski definition) is 4. The van der Waals surface area contributed by atoms with Crippen molar-refractivity contribution in [1.29, 1.82) is 0 Å². The van der Waals surface area contributed by atoms with Gasteiger partial charge in [-0.1, -0.05) is 30.5 Å². The molecule has 5 heteroatoms. The summed E-state index contributed by atoms with van der Waals surface area (Å²) in [4.78, 5) is 4.18. The lowest BCUT2D eigenvalue weighted by atomic mass is 9.83. The van der Waals surface area contributed by atoms with Gasteiger partial charge in [-0.05, 0) is 31.4 Å². The molecular formula is C14H22N4O. The van der Waals surface area contributed by atoms with E-state index in [-0.39, 0.29) is 11.4 Å². The van der Waals surface area contributed by atoms with Gasteiger partial charge in [0.1, 0.15) is 5.69 Å². The van der Waals surface area contributed by atoms with E-state index in [1.807, 2.05) is 12.1 Å². The number of aromatic nitrogens is 1. The van der Waals surface area contributed by atoms with Crippen molar-refractivity contribution in [3.05, 3.63) is 29.6 Å². The molecule has 1 aliphatic carbocycles. The zero-order valence-corrected chi connectivity index (χ0v) is 11.4. The van der Waals surface area contributed by atoms with Crippen molar-refractivity contribution in [2.45, 2.75) is 51.1 Å². The van der Waals surface area contributed by atoms with Gasteiger partial charge in [0.2, 0.25) is 0 Å². The fourth-order valence-corrected chi connectivity index (χ4v) is 2.68. The number of hydrogen-bond donors (Lipinski definition) is 3. The summed E-state index contributed by atoms with van der Waals surface area (Å²) in [6, 6.07) is 3.83. The van der Waals surface area contributed by atoms with Crippen LogP contribution in [0.5, 0.6) is 0 Å². The molecule has 1 saturated carbocycles. The van der Waals surface area contributed by atoms with Gasteiger partial charge in [0, 0.05) is 18.3 Å². The van der Waals surface area contributed by atoms with E-state index in [1.165, 1.54) is 32.1 Å². The lowest BCUT2D eigenvalue weighted by molar-refractivity contribution is 0.252. The quantitative estimate of drug-likeness (QED) is 0.335. The summed E-state index contributed by atoms with van der Waals surface area (Å²) in [6.07, 6.45) is 7.95. The van der Waals surface area contributed by atoms with Gasteiger partial charge >= 0.3 is 0 Å². The molecule has 0 aromatic carbocycles. The molecule has 0 saturated heterocycles. The van der Waals surface area contributed by atoms with Crippen molar-refractivity contribution in [1.82, 2.24) is 10.3 Å². The summed E-state index contributed by atoms with van der Waals surface area (Å²) in [5.41, 5.74) is 7.35. The monoisotopic (exact) mass is 262 g/mol. The zero-order chi connectivity index (χ0) is 13.7. The largest absolute Gasteiger partial charge is 0.409 e. The topological polar surface area (TPSA) is 83.5 Å². The Morgan fingerprint density at radius 2 is 2.21 bits per heavy atom. The van der Waals surface area contributed by atoms with Crippen molar-refractivity contribution in [2.24, 2.45) is 10.9 Å². The maximum absolute atomic E-state index is 8.78. The second-order valence-corrected chi connectivity index (χ2v) is 5.47. The Balaban J connectivity index is 2.07. The summed E-state index contributed by atoms with van der Waals surface area (Å²) in [7, 11) is 0. The molecule has 1 heterocycles. The van der Waals surface area contributed by atoms with Crippen molar-refractivity contribution in [3.63, 3.8) is 0 Å². The summed E-state index contributed by atoms with van der Waals surface area (Å²) < 4.78 is 0. The Labute approximate surface area is 113 Å². The minimum absolute atomic E-state index is 0.0613. The molecule has 2 rings (SSSR count). The Hall–Kier alpha value is -1.62. The molecule has 4 N–H and O–H groups in total. The number of oxime groups is 1. The first-order chi connectivity index (χ1) is 9.14. The summed E-state index contributed by atoms with van der Waals surface area (Å²) in [5, 5.41) is 15.4. The van der Waals surface area contributed by atoms with Crippen LogP contribution in [0.25, 0.3) is 0 Å². The van der Waals surface area contributed by atoms with Crippen LogP contribution >= 0.6 is 0 Å². The Kier molecular flexibility index (Phi) is 4.37. The second kappa shape index (κ2) is 6.02. The first-order valence-corrected chi connectivity index (χ1v) is 6.81. The van der Waals surface area contributed by atoms with Crippen LogP contribution in [0.3, 0.4) is 0 Å². The zero-order valence-electron chi connectivity index (χ0n) is 11.4. The van der Waals surface area contributed by atoms with E-state index in [4.69, 9.17) is 10.9 Å². The van der Waals surface area contributed by atoms with E-state index in [0.29, 0.717) is 12.2 Å². The third-order valence-corrected chi connectivity index (χ3v) is 3.90. The summed E-state index contributed by atoms with van der Waals surface area (Å²) >= 11 is 0. The fraction of sp³-hybridized carbons (Fsp3) is 0.571. The Bertz CT molecular complexity index is 453. The van der Waals surface area contributed by atoms with Gasteiger partial charge in [-0.25, -0.2) is 0 Å². The molecular weight excluding hydrogens is 240 g/mol. The highest BCUT2D eigenvalue weighted by atomic mass is 16.4. The van der Waals surface area contributed by atoms with Crippen LogP contribution in [0.2, 0.25) is 0 Å². The molecule has 1 aromatic rings. The maximum Gasteiger partial charge on any atom is 0.189 e. The third kappa shape index (κ3) is 3.44. The molecule has 0 bridgehead atoms. The molecule has 1 aliphatic rings. The van der Waals surface area contributed by atoms with Crippen LogP contribution in [0, 0.1) is 0 Å². The van der Waals surface area contributed by atoms with Crippen LogP contribution in [-0.4, -0.2) is 21.6 Å². The predicted molar refractivity (Wildman–Crippen MR) is 75.1 cm³/mol. The molecule has 0 aliphatic heterocycles. The molecule has 0 unspecified atom stereocenters. The van der Waals surface area contributed by atoms with E-state index in [2.05, 4.69) is 22.4 Å². The molecule has 19 heavy (non-hydrogen) atoms. The normalized spacial score (nSPS) is 19.3. The van der Waals surface area contributed by atoms with Crippen molar-refractivity contribution in [2.75, 3.05) is 0 Å². The molecule has 1 aromatic heterocycles. The number of rotatable bonds is 4. The molecule has 104 valence electrons. The van der Waals surface area contributed by atoms with E-state index in [9.17, 15) is 0 Å². The van der Waals surface area contributed by atoms with E-state index >= 15 is 0 Å². The second-order valence-electron chi connectivity index (χ2n) is 5.47. The van der Waals surface area contributed by atoms with Crippen LogP contribution in [0.4, 0.5) is 0 Å². The van der Waals surface area contributed by atoms with Crippen LogP contribution in [0.15, 0.2) is 23.5 Å². The van der Waals surface area contributed by atoms with Crippen molar-refractivity contribution in [3.8, 4) is 0 Å². The van der Waals surface area contributed by atoms with Gasteiger partial charge in [0.15, 0.2) is 5.84 Å². The fourth-order valence-electron chi connectivity index (χ4n) is 2.68. The average Bonchev–Trinajstić information content (AvgIpc) is 2.45. The molecule has 0 spiro atoms. The van der Waals surface area contributed by atoms with Crippen molar-refractivity contribution >= 4 is 5.84 Å². The number of nitrogens with one attached hydrogen (secondary N) is 1. The molecule has 0 radical (unpaired) electrons. The summed E-state index contributed by atoms with van der Waals surface area (Å²) in [6.45, 7) is 2.96. The van der Waals surface area contributed by atoms with Gasteiger partial charge in [0.05, 0.1) is 0 Å². The van der Waals surface area contributed by atoms with Gasteiger partial charge in [-0.15, -0.1) is 0 Å². The van der Waals surface area contributed by atoms with Gasteiger partial charge in [-0.2, -0.15) is 0 Å². The van der Waals surface area contributed by atoms with Crippen LogP contribution < -0.4 is 11.1 Å². The third-order valence-electron chi connectivity index (χ3n) is 3.90. The standard InChI is InChI=1S/C14H22N4O/c1-14(7-3-2-4-8-14)17-10-11-6-5-9-16-12(11)13(15)18-19/h5-6,9,17,19H,2-4,7-8,10H2,1H3,(H2,15,18). The van der Waals surface area contributed by atoms with E-state index in [0.717, 1.165) is 5.56 Å². The number of nitrogens with two attached hydrogens (primary N) is 1. The minimum Gasteiger partial charge on any atom is -0.409 e.